The highest BCUT2D eigenvalue weighted by molar-refractivity contribution is 7.13. The van der Waals surface area contributed by atoms with Crippen LogP contribution in [0.4, 0.5) is 0 Å². The molecular formula is C18H21N3O4S. The number of carbonyl (C=O) groups is 2. The van der Waals surface area contributed by atoms with Gasteiger partial charge in [0.1, 0.15) is 0 Å². The number of hydrogen-bond acceptors (Lipinski definition) is 6. The van der Waals surface area contributed by atoms with Crippen molar-refractivity contribution >= 4 is 23.2 Å². The smallest absolute Gasteiger partial charge is 0.276 e. The quantitative estimate of drug-likeness (QED) is 0.821. The lowest BCUT2D eigenvalue weighted by molar-refractivity contribution is -0.141. The maximum absolute atomic E-state index is 12.7. The second-order valence-corrected chi connectivity index (χ2v) is 7.51. The number of likely N-dealkylation sites (tertiary alicyclic amines) is 1. The first-order valence-electron chi connectivity index (χ1n) is 8.89. The van der Waals surface area contributed by atoms with Crippen LogP contribution < -0.4 is 0 Å². The fourth-order valence-corrected chi connectivity index (χ4v) is 4.12. The van der Waals surface area contributed by atoms with E-state index in [1.54, 1.807) is 22.3 Å². The van der Waals surface area contributed by atoms with Gasteiger partial charge in [-0.15, -0.1) is 11.3 Å². The summed E-state index contributed by atoms with van der Waals surface area (Å²) in [5, 5.41) is 5.88. The van der Waals surface area contributed by atoms with Crippen molar-refractivity contribution < 1.29 is 18.8 Å². The van der Waals surface area contributed by atoms with Crippen molar-refractivity contribution in [3.8, 4) is 10.6 Å². The molecule has 138 valence electrons. The van der Waals surface area contributed by atoms with Crippen LogP contribution >= 0.6 is 11.3 Å². The van der Waals surface area contributed by atoms with Crippen LogP contribution in [0.2, 0.25) is 0 Å². The first-order valence-corrected chi connectivity index (χ1v) is 9.77. The zero-order valence-corrected chi connectivity index (χ0v) is 15.2. The Morgan fingerprint density at radius 3 is 2.58 bits per heavy atom. The molecule has 2 saturated heterocycles. The Morgan fingerprint density at radius 1 is 1.12 bits per heavy atom. The largest absolute Gasteiger partial charge is 0.378 e. The van der Waals surface area contributed by atoms with Gasteiger partial charge in [0.25, 0.3) is 5.91 Å². The van der Waals surface area contributed by atoms with E-state index in [0.29, 0.717) is 63.7 Å². The van der Waals surface area contributed by atoms with E-state index in [1.807, 2.05) is 22.4 Å². The molecule has 0 saturated carbocycles. The van der Waals surface area contributed by atoms with Crippen LogP contribution in [0.5, 0.6) is 0 Å². The second kappa shape index (κ2) is 7.59. The number of hydrogen-bond donors (Lipinski definition) is 0. The molecule has 8 heteroatoms. The summed E-state index contributed by atoms with van der Waals surface area (Å²) in [6, 6.07) is 5.56. The number of ether oxygens (including phenoxy) is 1. The summed E-state index contributed by atoms with van der Waals surface area (Å²) < 4.78 is 10.6. The van der Waals surface area contributed by atoms with Crippen LogP contribution in [-0.4, -0.2) is 66.2 Å². The zero-order chi connectivity index (χ0) is 17.9. The number of carbonyl (C=O) groups excluding carboxylic acids is 2. The normalized spacial score (nSPS) is 18.9. The Labute approximate surface area is 155 Å². The van der Waals surface area contributed by atoms with Crippen LogP contribution in [-0.2, 0) is 9.53 Å². The summed E-state index contributed by atoms with van der Waals surface area (Å²) in [6.45, 7) is 3.70. The van der Waals surface area contributed by atoms with E-state index in [2.05, 4.69) is 5.16 Å². The van der Waals surface area contributed by atoms with Gasteiger partial charge in [0.2, 0.25) is 5.91 Å². The average Bonchev–Trinajstić information content (AvgIpc) is 3.39. The minimum Gasteiger partial charge on any atom is -0.378 e. The number of rotatable bonds is 3. The number of piperidine rings is 1. The summed E-state index contributed by atoms with van der Waals surface area (Å²) in [5.74, 6) is 0.674. The van der Waals surface area contributed by atoms with E-state index in [-0.39, 0.29) is 17.7 Å². The van der Waals surface area contributed by atoms with Gasteiger partial charge in [-0.2, -0.15) is 0 Å². The molecule has 0 spiro atoms. The fourth-order valence-electron chi connectivity index (χ4n) is 3.44. The zero-order valence-electron chi connectivity index (χ0n) is 14.4. The lowest BCUT2D eigenvalue weighted by Crippen LogP contribution is -2.47. The van der Waals surface area contributed by atoms with Gasteiger partial charge in [-0.25, -0.2) is 0 Å². The molecule has 7 nitrogen and oxygen atoms in total. The third kappa shape index (κ3) is 3.52. The number of amides is 2. The summed E-state index contributed by atoms with van der Waals surface area (Å²) in [6.07, 6.45) is 1.38. The van der Waals surface area contributed by atoms with E-state index in [9.17, 15) is 9.59 Å². The molecule has 4 heterocycles. The van der Waals surface area contributed by atoms with Gasteiger partial charge in [-0.3, -0.25) is 9.59 Å². The molecule has 0 atom stereocenters. The molecule has 2 aliphatic rings. The molecule has 0 N–H and O–H groups in total. The minimum absolute atomic E-state index is 0.00358. The highest BCUT2D eigenvalue weighted by Crippen LogP contribution is 2.26. The Morgan fingerprint density at radius 2 is 1.88 bits per heavy atom. The van der Waals surface area contributed by atoms with Crippen LogP contribution in [0.15, 0.2) is 28.1 Å². The van der Waals surface area contributed by atoms with E-state index >= 15 is 0 Å². The molecule has 26 heavy (non-hydrogen) atoms. The molecular weight excluding hydrogens is 354 g/mol. The number of morpholine rings is 1. The van der Waals surface area contributed by atoms with Crippen LogP contribution in [0, 0.1) is 5.92 Å². The molecule has 0 aliphatic carbocycles. The number of thiophene rings is 1. The van der Waals surface area contributed by atoms with Gasteiger partial charge < -0.3 is 19.1 Å². The van der Waals surface area contributed by atoms with Crippen LogP contribution in [0.1, 0.15) is 23.3 Å². The summed E-state index contributed by atoms with van der Waals surface area (Å²) in [4.78, 5) is 29.8. The van der Waals surface area contributed by atoms with Crippen molar-refractivity contribution in [3.63, 3.8) is 0 Å². The van der Waals surface area contributed by atoms with Gasteiger partial charge in [-0.1, -0.05) is 11.2 Å². The first kappa shape index (κ1) is 17.2. The Balaban J connectivity index is 1.34. The first-order chi connectivity index (χ1) is 12.7. The maximum atomic E-state index is 12.7. The predicted molar refractivity (Wildman–Crippen MR) is 95.8 cm³/mol. The van der Waals surface area contributed by atoms with Gasteiger partial charge in [0.15, 0.2) is 11.5 Å². The number of aromatic nitrogens is 1. The lowest BCUT2D eigenvalue weighted by atomic mass is 9.95. The molecule has 2 aromatic rings. The molecule has 2 fully saturated rings. The van der Waals surface area contributed by atoms with Crippen LogP contribution in [0.25, 0.3) is 10.6 Å². The highest BCUT2D eigenvalue weighted by atomic mass is 32.1. The maximum Gasteiger partial charge on any atom is 0.276 e. The molecule has 0 unspecified atom stereocenters. The summed E-state index contributed by atoms with van der Waals surface area (Å²) in [5.41, 5.74) is 0.325. The lowest BCUT2D eigenvalue weighted by Gasteiger charge is -2.35. The van der Waals surface area contributed by atoms with Crippen molar-refractivity contribution in [1.29, 1.82) is 0 Å². The minimum atomic E-state index is -0.131. The standard InChI is InChI=1S/C18H21N3O4S/c22-17(21-7-9-24-10-8-21)13-3-5-20(6-4-13)18(23)14-12-15(25-19-14)16-2-1-11-26-16/h1-2,11-13H,3-10H2. The summed E-state index contributed by atoms with van der Waals surface area (Å²) >= 11 is 1.54. The van der Waals surface area contributed by atoms with Crippen molar-refractivity contribution in [2.75, 3.05) is 39.4 Å². The van der Waals surface area contributed by atoms with Gasteiger partial charge in [0, 0.05) is 38.2 Å². The monoisotopic (exact) mass is 375 g/mol. The van der Waals surface area contributed by atoms with Gasteiger partial charge >= 0.3 is 0 Å². The van der Waals surface area contributed by atoms with E-state index in [0.717, 1.165) is 4.88 Å². The molecule has 4 rings (SSSR count). The fraction of sp³-hybridized carbons (Fsp3) is 0.500. The van der Waals surface area contributed by atoms with E-state index in [4.69, 9.17) is 9.26 Å². The van der Waals surface area contributed by atoms with E-state index in [1.165, 1.54) is 0 Å². The molecule has 0 aromatic carbocycles. The number of nitrogens with zero attached hydrogens (tertiary/aromatic N) is 3. The highest BCUT2D eigenvalue weighted by Gasteiger charge is 2.32. The average molecular weight is 375 g/mol. The Bertz CT molecular complexity index is 759. The van der Waals surface area contributed by atoms with E-state index < -0.39 is 0 Å². The summed E-state index contributed by atoms with van der Waals surface area (Å²) in [7, 11) is 0. The molecule has 2 amide bonds. The SMILES string of the molecule is O=C(c1cc(-c2cccs2)on1)N1CCC(C(=O)N2CCOCC2)CC1. The van der Waals surface area contributed by atoms with Crippen molar-refractivity contribution in [2.24, 2.45) is 5.92 Å². The molecule has 2 aliphatic heterocycles. The predicted octanol–water partition coefficient (Wildman–Crippen LogP) is 2.11. The third-order valence-corrected chi connectivity index (χ3v) is 5.83. The van der Waals surface area contributed by atoms with Crippen LogP contribution in [0.3, 0.4) is 0 Å². The topological polar surface area (TPSA) is 75.9 Å². The third-order valence-electron chi connectivity index (χ3n) is 4.95. The van der Waals surface area contributed by atoms with Gasteiger partial charge in [0.05, 0.1) is 18.1 Å². The van der Waals surface area contributed by atoms with Gasteiger partial charge in [-0.05, 0) is 24.3 Å². The Hall–Kier alpha value is -2.19. The van der Waals surface area contributed by atoms with Crippen molar-refractivity contribution in [1.82, 2.24) is 15.0 Å². The molecule has 0 radical (unpaired) electrons. The van der Waals surface area contributed by atoms with Crippen molar-refractivity contribution in [3.05, 3.63) is 29.3 Å². The van der Waals surface area contributed by atoms with Crippen molar-refractivity contribution in [2.45, 2.75) is 12.8 Å². The Kier molecular flexibility index (Phi) is 5.03. The second-order valence-electron chi connectivity index (χ2n) is 6.56. The molecule has 0 bridgehead atoms. The molecule has 2 aromatic heterocycles.